The van der Waals surface area contributed by atoms with E-state index in [1.165, 1.54) is 0 Å². The molecular formula is C15H23N5O. The number of methoxy groups -OCH3 is 1. The monoisotopic (exact) mass is 289 g/mol. The third-order valence-corrected chi connectivity index (χ3v) is 3.62. The normalized spacial score (nSPS) is 11.8. The van der Waals surface area contributed by atoms with Gasteiger partial charge in [-0.25, -0.2) is 4.68 Å². The van der Waals surface area contributed by atoms with Crippen LogP contribution in [0.15, 0.2) is 18.2 Å². The van der Waals surface area contributed by atoms with Crippen molar-refractivity contribution in [3.05, 3.63) is 23.8 Å². The number of hydrogen-bond donors (Lipinski definition) is 1. The number of nitrogens with zero attached hydrogens (tertiary/aromatic N) is 4. The average molecular weight is 289 g/mol. The molecule has 0 radical (unpaired) electrons. The van der Waals surface area contributed by atoms with Crippen LogP contribution in [-0.2, 0) is 11.3 Å². The lowest BCUT2D eigenvalue weighted by molar-refractivity contribution is 0.140. The fourth-order valence-electron chi connectivity index (χ4n) is 2.35. The summed E-state index contributed by atoms with van der Waals surface area (Å²) < 4.78 is 7.00. The molecule has 6 heteroatoms. The molecule has 114 valence electrons. The van der Waals surface area contributed by atoms with Gasteiger partial charge >= 0.3 is 0 Å². The Labute approximate surface area is 125 Å². The zero-order chi connectivity index (χ0) is 15.5. The summed E-state index contributed by atoms with van der Waals surface area (Å²) in [5.74, 6) is 0.719. The van der Waals surface area contributed by atoms with Gasteiger partial charge in [0, 0.05) is 25.0 Å². The fraction of sp³-hybridized carbons (Fsp3) is 0.533. The lowest BCUT2D eigenvalue weighted by Crippen LogP contribution is -2.23. The van der Waals surface area contributed by atoms with Crippen LogP contribution < -0.4 is 5.73 Å². The molecule has 0 amide bonds. The first-order valence-electron chi connectivity index (χ1n) is 7.05. The summed E-state index contributed by atoms with van der Waals surface area (Å²) >= 11 is 0. The highest BCUT2D eigenvalue weighted by atomic mass is 16.5. The van der Waals surface area contributed by atoms with E-state index in [4.69, 9.17) is 10.5 Å². The zero-order valence-corrected chi connectivity index (χ0v) is 13.1. The molecule has 0 fully saturated rings. The van der Waals surface area contributed by atoms with Gasteiger partial charge in [-0.2, -0.15) is 0 Å². The number of rotatable bonds is 6. The number of nitrogen functional groups attached to an aromatic ring is 1. The van der Waals surface area contributed by atoms with Crippen LogP contribution in [0.25, 0.3) is 11.4 Å². The van der Waals surface area contributed by atoms with E-state index >= 15 is 0 Å². The van der Waals surface area contributed by atoms with E-state index in [-0.39, 0.29) is 5.41 Å². The molecule has 0 unspecified atom stereocenters. The molecule has 2 rings (SSSR count). The molecule has 0 bridgehead atoms. The first-order valence-corrected chi connectivity index (χ1v) is 7.05. The van der Waals surface area contributed by atoms with Crippen LogP contribution in [0.4, 0.5) is 5.69 Å². The van der Waals surface area contributed by atoms with Gasteiger partial charge in [-0.15, -0.1) is 5.10 Å². The molecule has 0 spiro atoms. The number of aromatic nitrogens is 4. The fourth-order valence-corrected chi connectivity index (χ4v) is 2.35. The van der Waals surface area contributed by atoms with Gasteiger partial charge in [-0.1, -0.05) is 26.0 Å². The number of anilines is 1. The van der Waals surface area contributed by atoms with E-state index in [0.29, 0.717) is 12.2 Å². The van der Waals surface area contributed by atoms with Crippen LogP contribution in [0.5, 0.6) is 0 Å². The molecule has 0 atom stereocenters. The van der Waals surface area contributed by atoms with Gasteiger partial charge in [-0.3, -0.25) is 0 Å². The number of tetrazole rings is 1. The van der Waals surface area contributed by atoms with Gasteiger partial charge in [-0.05, 0) is 40.8 Å². The van der Waals surface area contributed by atoms with E-state index < -0.39 is 0 Å². The maximum atomic E-state index is 6.10. The SMILES string of the molecule is COCCC(C)(C)Cn1nnnc1-c1c(C)cccc1N. The number of aryl methyl sites for hydroxylation is 1. The minimum Gasteiger partial charge on any atom is -0.398 e. The van der Waals surface area contributed by atoms with Crippen LogP contribution >= 0.6 is 0 Å². The molecule has 2 N–H and O–H groups in total. The maximum Gasteiger partial charge on any atom is 0.184 e. The van der Waals surface area contributed by atoms with E-state index in [0.717, 1.165) is 30.0 Å². The predicted molar refractivity (Wildman–Crippen MR) is 82.7 cm³/mol. The Morgan fingerprint density at radius 1 is 1.33 bits per heavy atom. The van der Waals surface area contributed by atoms with Crippen LogP contribution in [-0.4, -0.2) is 33.9 Å². The van der Waals surface area contributed by atoms with Gasteiger partial charge in [0.2, 0.25) is 0 Å². The van der Waals surface area contributed by atoms with Crippen LogP contribution in [0.2, 0.25) is 0 Å². The van der Waals surface area contributed by atoms with Gasteiger partial charge in [0.15, 0.2) is 5.82 Å². The Morgan fingerprint density at radius 2 is 2.10 bits per heavy atom. The van der Waals surface area contributed by atoms with E-state index in [9.17, 15) is 0 Å². The molecule has 1 aromatic carbocycles. The molecule has 0 saturated carbocycles. The molecule has 0 aliphatic carbocycles. The minimum absolute atomic E-state index is 0.0393. The Balaban J connectivity index is 2.31. The van der Waals surface area contributed by atoms with Crippen molar-refractivity contribution in [3.63, 3.8) is 0 Å². The summed E-state index contributed by atoms with van der Waals surface area (Å²) in [5.41, 5.74) is 8.81. The molecule has 0 saturated heterocycles. The summed E-state index contributed by atoms with van der Waals surface area (Å²) in [4.78, 5) is 0. The highest BCUT2D eigenvalue weighted by Crippen LogP contribution is 2.30. The second kappa shape index (κ2) is 6.22. The summed E-state index contributed by atoms with van der Waals surface area (Å²) in [5, 5.41) is 12.1. The quantitative estimate of drug-likeness (QED) is 0.825. The van der Waals surface area contributed by atoms with Crippen molar-refractivity contribution >= 4 is 5.69 Å². The number of nitrogens with two attached hydrogens (primary N) is 1. The highest BCUT2D eigenvalue weighted by molar-refractivity contribution is 5.74. The topological polar surface area (TPSA) is 78.8 Å². The summed E-state index contributed by atoms with van der Waals surface area (Å²) in [6, 6.07) is 5.82. The molecule has 6 nitrogen and oxygen atoms in total. The van der Waals surface area contributed by atoms with Crippen molar-refractivity contribution < 1.29 is 4.74 Å². The molecular weight excluding hydrogens is 266 g/mol. The Bertz CT molecular complexity index is 586. The maximum absolute atomic E-state index is 6.10. The molecule has 2 aromatic rings. The zero-order valence-electron chi connectivity index (χ0n) is 13.1. The first kappa shape index (κ1) is 15.4. The lowest BCUT2D eigenvalue weighted by atomic mass is 9.89. The van der Waals surface area contributed by atoms with Crippen molar-refractivity contribution in [2.24, 2.45) is 5.41 Å². The van der Waals surface area contributed by atoms with Gasteiger partial charge in [0.1, 0.15) is 0 Å². The lowest BCUT2D eigenvalue weighted by Gasteiger charge is -2.24. The molecule has 1 aromatic heterocycles. The third kappa shape index (κ3) is 3.58. The van der Waals surface area contributed by atoms with Gasteiger partial charge in [0.25, 0.3) is 0 Å². The largest absolute Gasteiger partial charge is 0.398 e. The average Bonchev–Trinajstić information content (AvgIpc) is 2.84. The number of hydrogen-bond acceptors (Lipinski definition) is 5. The molecule has 1 heterocycles. The standard InChI is InChI=1S/C15H23N5O/c1-11-6-5-7-12(16)13(11)14-17-18-19-20(14)10-15(2,3)8-9-21-4/h5-7H,8-10,16H2,1-4H3. The van der Waals surface area contributed by atoms with Crippen molar-refractivity contribution in [2.45, 2.75) is 33.7 Å². The van der Waals surface area contributed by atoms with Crippen molar-refractivity contribution in [1.29, 1.82) is 0 Å². The number of benzene rings is 1. The van der Waals surface area contributed by atoms with Crippen LogP contribution in [0.3, 0.4) is 0 Å². The molecule has 21 heavy (non-hydrogen) atoms. The summed E-state index contributed by atoms with van der Waals surface area (Å²) in [6.07, 6.45) is 0.937. The second-order valence-electron chi connectivity index (χ2n) is 6.11. The smallest absolute Gasteiger partial charge is 0.184 e. The van der Waals surface area contributed by atoms with Gasteiger partial charge in [0.05, 0.1) is 6.54 Å². The van der Waals surface area contributed by atoms with Crippen molar-refractivity contribution in [1.82, 2.24) is 20.2 Å². The molecule has 0 aliphatic rings. The number of ether oxygens (including phenoxy) is 1. The Hall–Kier alpha value is -1.95. The highest BCUT2D eigenvalue weighted by Gasteiger charge is 2.23. The van der Waals surface area contributed by atoms with Crippen LogP contribution in [0.1, 0.15) is 25.8 Å². The summed E-state index contributed by atoms with van der Waals surface area (Å²) in [6.45, 7) is 7.81. The van der Waals surface area contributed by atoms with E-state index in [2.05, 4.69) is 29.4 Å². The predicted octanol–water partition coefficient (Wildman–Crippen LogP) is 2.29. The van der Waals surface area contributed by atoms with E-state index in [1.54, 1.807) is 7.11 Å². The van der Waals surface area contributed by atoms with Crippen LogP contribution in [0, 0.1) is 12.3 Å². The van der Waals surface area contributed by atoms with Crippen molar-refractivity contribution in [3.8, 4) is 11.4 Å². The third-order valence-electron chi connectivity index (χ3n) is 3.62. The molecule has 0 aliphatic heterocycles. The van der Waals surface area contributed by atoms with Crippen molar-refractivity contribution in [2.75, 3.05) is 19.5 Å². The second-order valence-corrected chi connectivity index (χ2v) is 6.11. The summed E-state index contributed by atoms with van der Waals surface area (Å²) in [7, 11) is 1.71. The van der Waals surface area contributed by atoms with Gasteiger partial charge < -0.3 is 10.5 Å². The Kier molecular flexibility index (Phi) is 4.57. The first-order chi connectivity index (χ1) is 9.94. The minimum atomic E-state index is 0.0393. The van der Waals surface area contributed by atoms with E-state index in [1.807, 2.05) is 29.8 Å². The Morgan fingerprint density at radius 3 is 2.76 bits per heavy atom.